The highest BCUT2D eigenvalue weighted by Gasteiger charge is 2.60. The lowest BCUT2D eigenvalue weighted by atomic mass is 9.55. The highest BCUT2D eigenvalue weighted by molar-refractivity contribution is 7.87. The molecular weight excluding hydrogens is 216 g/mol. The van der Waals surface area contributed by atoms with Crippen LogP contribution in [0.15, 0.2) is 0 Å². The fraction of sp³-hybridized carbons (Fsp3) is 0.900. The Balaban J connectivity index is 2.06. The molecular formula is C10H14O4S. The van der Waals surface area contributed by atoms with Gasteiger partial charge < -0.3 is 0 Å². The fourth-order valence-electron chi connectivity index (χ4n) is 3.99. The molecule has 4 aliphatic rings. The van der Waals surface area contributed by atoms with E-state index in [4.69, 9.17) is 0 Å². The van der Waals surface area contributed by atoms with Gasteiger partial charge in [0.15, 0.2) is 0 Å². The van der Waals surface area contributed by atoms with E-state index in [0.717, 1.165) is 12.8 Å². The summed E-state index contributed by atoms with van der Waals surface area (Å²) in [6.45, 7) is 0. The zero-order valence-electron chi connectivity index (χ0n) is 8.35. The molecule has 0 aromatic rings. The Hall–Kier alpha value is -0.420. The van der Waals surface area contributed by atoms with Crippen molar-refractivity contribution in [1.29, 1.82) is 0 Å². The zero-order chi connectivity index (χ0) is 10.8. The minimum absolute atomic E-state index is 0.0989. The second-order valence-electron chi connectivity index (χ2n) is 5.40. The van der Waals surface area contributed by atoms with Crippen molar-refractivity contribution in [2.24, 2.45) is 17.8 Å². The van der Waals surface area contributed by atoms with E-state index in [1.54, 1.807) is 0 Å². The second kappa shape index (κ2) is 2.63. The van der Waals surface area contributed by atoms with Gasteiger partial charge in [0, 0.05) is 11.8 Å². The first-order valence-electron chi connectivity index (χ1n) is 5.42. The van der Waals surface area contributed by atoms with E-state index in [-0.39, 0.29) is 17.6 Å². The summed E-state index contributed by atoms with van der Waals surface area (Å²) in [5, 5.41) is 0. The molecule has 0 heterocycles. The number of rotatable bonds is 1. The maximum Gasteiger partial charge on any atom is 0.270 e. The van der Waals surface area contributed by atoms with Crippen LogP contribution in [0.5, 0.6) is 0 Å². The van der Waals surface area contributed by atoms with Crippen LogP contribution in [0.1, 0.15) is 32.1 Å². The Labute approximate surface area is 88.8 Å². The van der Waals surface area contributed by atoms with Crippen molar-refractivity contribution in [2.75, 3.05) is 0 Å². The van der Waals surface area contributed by atoms with Crippen LogP contribution < -0.4 is 0 Å². The molecule has 15 heavy (non-hydrogen) atoms. The normalized spacial score (nSPS) is 48.6. The fourth-order valence-corrected chi connectivity index (χ4v) is 5.26. The van der Waals surface area contributed by atoms with E-state index in [9.17, 15) is 17.8 Å². The monoisotopic (exact) mass is 230 g/mol. The molecule has 2 unspecified atom stereocenters. The Bertz CT molecular complexity index is 407. The zero-order valence-corrected chi connectivity index (χ0v) is 9.16. The van der Waals surface area contributed by atoms with E-state index in [1.807, 2.05) is 0 Å². The molecule has 4 saturated carbocycles. The lowest BCUT2D eigenvalue weighted by Gasteiger charge is -2.53. The topological polar surface area (TPSA) is 71.4 Å². The molecule has 0 radical (unpaired) electrons. The van der Waals surface area contributed by atoms with Crippen molar-refractivity contribution in [3.8, 4) is 0 Å². The molecule has 5 heteroatoms. The van der Waals surface area contributed by atoms with Crippen LogP contribution in [0.2, 0.25) is 0 Å². The predicted molar refractivity (Wildman–Crippen MR) is 52.8 cm³/mol. The second-order valence-corrected chi connectivity index (χ2v) is 7.22. The van der Waals surface area contributed by atoms with Gasteiger partial charge in [-0.2, -0.15) is 8.42 Å². The van der Waals surface area contributed by atoms with Gasteiger partial charge in [-0.15, -0.1) is 0 Å². The van der Waals surface area contributed by atoms with Gasteiger partial charge in [-0.25, -0.2) is 0 Å². The summed E-state index contributed by atoms with van der Waals surface area (Å²) in [5.41, 5.74) is 0. The van der Waals surface area contributed by atoms with Gasteiger partial charge in [-0.1, -0.05) is 0 Å². The summed E-state index contributed by atoms with van der Waals surface area (Å²) in [5.74, 6) is 0.378. The lowest BCUT2D eigenvalue weighted by molar-refractivity contribution is -0.138. The average Bonchev–Trinajstić information content (AvgIpc) is 2.10. The molecule has 4 bridgehead atoms. The number of carbonyl (C=O) groups excluding carboxylic acids is 1. The summed E-state index contributed by atoms with van der Waals surface area (Å²) >= 11 is 0. The van der Waals surface area contributed by atoms with E-state index in [2.05, 4.69) is 0 Å². The molecule has 0 aliphatic heterocycles. The van der Waals surface area contributed by atoms with Crippen LogP contribution in [0.4, 0.5) is 0 Å². The third-order valence-electron chi connectivity index (χ3n) is 4.49. The standard InChI is InChI=1S/C10H14O4S/c11-9-7-1-6-2-8(9)5-10(3-6,4-7)15(12,13)14/h6-8H,1-5H2,(H,12,13,14). The summed E-state index contributed by atoms with van der Waals surface area (Å²) in [6.07, 6.45) is 2.96. The molecule has 1 N–H and O–H groups in total. The molecule has 4 nitrogen and oxygen atoms in total. The van der Waals surface area contributed by atoms with Gasteiger partial charge in [0.1, 0.15) is 5.78 Å². The third kappa shape index (κ3) is 1.16. The van der Waals surface area contributed by atoms with Crippen LogP contribution in [-0.4, -0.2) is 23.5 Å². The number of hydrogen-bond donors (Lipinski definition) is 1. The van der Waals surface area contributed by atoms with Crippen molar-refractivity contribution in [3.05, 3.63) is 0 Å². The van der Waals surface area contributed by atoms with Gasteiger partial charge >= 0.3 is 0 Å². The van der Waals surface area contributed by atoms with E-state index < -0.39 is 14.9 Å². The number of hydrogen-bond acceptors (Lipinski definition) is 3. The first-order chi connectivity index (χ1) is 6.91. The molecule has 0 spiro atoms. The number of Topliss-reactive ketones (excluding diaryl/α,β-unsaturated/α-hetero) is 1. The van der Waals surface area contributed by atoms with Crippen LogP contribution >= 0.6 is 0 Å². The Kier molecular flexibility index (Phi) is 1.72. The third-order valence-corrected chi connectivity index (χ3v) is 6.08. The first-order valence-corrected chi connectivity index (χ1v) is 6.86. The minimum atomic E-state index is -4.00. The average molecular weight is 230 g/mol. The number of ketones is 1. The van der Waals surface area contributed by atoms with Crippen molar-refractivity contribution in [2.45, 2.75) is 36.9 Å². The Morgan fingerprint density at radius 2 is 1.67 bits per heavy atom. The molecule has 2 atom stereocenters. The van der Waals surface area contributed by atoms with E-state index in [1.165, 1.54) is 0 Å². The Morgan fingerprint density at radius 1 is 1.13 bits per heavy atom. The van der Waals surface area contributed by atoms with Crippen LogP contribution in [0.3, 0.4) is 0 Å². The minimum Gasteiger partial charge on any atom is -0.299 e. The molecule has 0 aromatic carbocycles. The molecule has 0 saturated heterocycles. The number of carbonyl (C=O) groups is 1. The molecule has 0 aromatic heterocycles. The first kappa shape index (κ1) is 9.78. The largest absolute Gasteiger partial charge is 0.299 e. The molecule has 84 valence electrons. The van der Waals surface area contributed by atoms with Crippen molar-refractivity contribution in [1.82, 2.24) is 0 Å². The van der Waals surface area contributed by atoms with Crippen LogP contribution in [0, 0.1) is 17.8 Å². The van der Waals surface area contributed by atoms with E-state index in [0.29, 0.717) is 25.2 Å². The summed E-state index contributed by atoms with van der Waals surface area (Å²) < 4.78 is 31.2. The van der Waals surface area contributed by atoms with Crippen molar-refractivity contribution >= 4 is 15.9 Å². The molecule has 4 aliphatic carbocycles. The molecule has 4 rings (SSSR count). The van der Waals surface area contributed by atoms with Crippen molar-refractivity contribution < 1.29 is 17.8 Å². The van der Waals surface area contributed by atoms with Gasteiger partial charge in [0.25, 0.3) is 10.1 Å². The summed E-state index contributed by atoms with van der Waals surface area (Å²) in [6, 6.07) is 0. The lowest BCUT2D eigenvalue weighted by Crippen LogP contribution is -2.58. The summed E-state index contributed by atoms with van der Waals surface area (Å²) in [7, 11) is -4.00. The SMILES string of the molecule is O=C1C2CC3CC1CC(S(=O)(=O)O)(C3)C2. The smallest absolute Gasteiger partial charge is 0.270 e. The molecule has 0 amide bonds. The van der Waals surface area contributed by atoms with Crippen molar-refractivity contribution in [3.63, 3.8) is 0 Å². The quantitative estimate of drug-likeness (QED) is 0.683. The van der Waals surface area contributed by atoms with Crippen LogP contribution in [0.25, 0.3) is 0 Å². The molecule has 4 fully saturated rings. The maximum absolute atomic E-state index is 11.8. The van der Waals surface area contributed by atoms with Gasteiger partial charge in [-0.3, -0.25) is 9.35 Å². The van der Waals surface area contributed by atoms with Gasteiger partial charge in [0.2, 0.25) is 0 Å². The van der Waals surface area contributed by atoms with E-state index >= 15 is 0 Å². The predicted octanol–water partition coefficient (Wildman–Crippen LogP) is 1.02. The maximum atomic E-state index is 11.8. The van der Waals surface area contributed by atoms with Gasteiger partial charge in [0.05, 0.1) is 4.75 Å². The highest BCUT2D eigenvalue weighted by atomic mass is 32.2. The van der Waals surface area contributed by atoms with Crippen LogP contribution in [-0.2, 0) is 14.9 Å². The van der Waals surface area contributed by atoms with Gasteiger partial charge in [-0.05, 0) is 38.0 Å². The Morgan fingerprint density at radius 3 is 2.13 bits per heavy atom. The highest BCUT2D eigenvalue weighted by Crippen LogP contribution is 2.56. The summed E-state index contributed by atoms with van der Waals surface area (Å²) in [4.78, 5) is 11.8.